The fourth-order valence-corrected chi connectivity index (χ4v) is 7.97. The number of fused-ring (bicyclic) bond motifs is 10. The van der Waals surface area contributed by atoms with E-state index in [1.54, 1.807) is 18.2 Å². The number of aryl methyl sites for hydroxylation is 2. The Bertz CT molecular complexity index is 1960. The summed E-state index contributed by atoms with van der Waals surface area (Å²) in [6, 6.07) is 10.9. The Hall–Kier alpha value is -4.85. The number of nitrogens with one attached hydrogen (secondary N) is 2. The SMILES string of the molecule is Cn1cc(C(=O)Nc2cccc3c2C2CCC3C2=O)c(C(F)F)n1.Cn1cc(C(=O)Nc2cccc3c2C2CCC3C2O)c(C(F)F)n1. The van der Waals surface area contributed by atoms with Gasteiger partial charge in [-0.05, 0) is 60.1 Å². The molecule has 2 aromatic heterocycles. The normalized spacial score (nSPS) is 22.9. The second kappa shape index (κ2) is 12.0. The van der Waals surface area contributed by atoms with Gasteiger partial charge in [-0.3, -0.25) is 23.7 Å². The lowest BCUT2D eigenvalue weighted by Crippen LogP contribution is -2.16. The maximum Gasteiger partial charge on any atom is 0.282 e. The number of rotatable bonds is 6. The number of aliphatic hydroxyl groups is 1. The van der Waals surface area contributed by atoms with E-state index >= 15 is 0 Å². The molecule has 2 aromatic carbocycles. The third-order valence-electron chi connectivity index (χ3n) is 9.93. The third-order valence-corrected chi connectivity index (χ3v) is 9.93. The minimum Gasteiger partial charge on any atom is -0.392 e. The van der Waals surface area contributed by atoms with Gasteiger partial charge in [-0.15, -0.1) is 0 Å². The molecule has 2 amide bonds. The van der Waals surface area contributed by atoms with Crippen LogP contribution in [-0.2, 0) is 18.9 Å². The third kappa shape index (κ3) is 5.18. The standard InChI is InChI=1S/C17H17F2N3O2.C17H15F2N3O2/c2*1-22-7-11(14(21-22)16(18)19)17(24)20-12-4-2-3-8-9-5-6-10(13(8)12)15(9)23/h2-4,7,9-10,15-16,23H,5-6H2,1H3,(H,20,24);2-4,7,9-10,16H,5-6H2,1H3,(H,20,24). The van der Waals surface area contributed by atoms with Crippen LogP contribution in [-0.4, -0.2) is 48.4 Å². The predicted molar refractivity (Wildman–Crippen MR) is 166 cm³/mol. The van der Waals surface area contributed by atoms with Gasteiger partial charge >= 0.3 is 0 Å². The lowest BCUT2D eigenvalue weighted by molar-refractivity contribution is -0.119. The summed E-state index contributed by atoms with van der Waals surface area (Å²) in [5, 5.41) is 23.1. The first kappa shape index (κ1) is 31.7. The van der Waals surface area contributed by atoms with Gasteiger partial charge in [0, 0.05) is 61.5 Å². The molecule has 5 atom stereocenters. The van der Waals surface area contributed by atoms with E-state index < -0.39 is 42.2 Å². The van der Waals surface area contributed by atoms with Crippen molar-refractivity contribution in [2.75, 3.05) is 10.6 Å². The quantitative estimate of drug-likeness (QED) is 0.214. The van der Waals surface area contributed by atoms with Crippen LogP contribution in [0, 0.1) is 0 Å². The molecule has 4 bridgehead atoms. The largest absolute Gasteiger partial charge is 0.392 e. The molecule has 2 fully saturated rings. The molecule has 0 spiro atoms. The molecular formula is C34H32F4N6O4. The van der Waals surface area contributed by atoms with Crippen LogP contribution in [0.4, 0.5) is 28.9 Å². The summed E-state index contributed by atoms with van der Waals surface area (Å²) in [5.41, 5.74) is 3.56. The maximum absolute atomic E-state index is 13.0. The number of nitrogens with zero attached hydrogens (tertiary/aromatic N) is 4. The number of hydrogen-bond donors (Lipinski definition) is 3. The van der Waals surface area contributed by atoms with Gasteiger partial charge in [0.15, 0.2) is 0 Å². The van der Waals surface area contributed by atoms with Crippen molar-refractivity contribution in [3.63, 3.8) is 0 Å². The summed E-state index contributed by atoms with van der Waals surface area (Å²) in [6.45, 7) is 0. The molecule has 2 saturated carbocycles. The molecule has 8 rings (SSSR count). The van der Waals surface area contributed by atoms with E-state index in [1.807, 2.05) is 18.2 Å². The summed E-state index contributed by atoms with van der Waals surface area (Å²) in [6.07, 6.45) is -0.0663. The van der Waals surface area contributed by atoms with Gasteiger partial charge in [-0.25, -0.2) is 17.6 Å². The van der Waals surface area contributed by atoms with E-state index in [9.17, 15) is 37.1 Å². The molecule has 0 aliphatic heterocycles. The van der Waals surface area contributed by atoms with Crippen molar-refractivity contribution in [1.82, 2.24) is 19.6 Å². The molecule has 14 heteroatoms. The second-order valence-electron chi connectivity index (χ2n) is 12.7. The Morgan fingerprint density at radius 1 is 0.750 bits per heavy atom. The van der Waals surface area contributed by atoms with E-state index in [4.69, 9.17) is 0 Å². The number of Topliss-reactive ketones (excluding diaryl/α,β-unsaturated/α-hetero) is 1. The van der Waals surface area contributed by atoms with E-state index in [0.717, 1.165) is 47.9 Å². The average Bonchev–Trinajstić information content (AvgIpc) is 3.90. The second-order valence-corrected chi connectivity index (χ2v) is 12.7. The molecule has 48 heavy (non-hydrogen) atoms. The molecule has 250 valence electrons. The number of carbonyl (C=O) groups excluding carboxylic acids is 3. The molecule has 0 radical (unpaired) electrons. The van der Waals surface area contributed by atoms with E-state index in [2.05, 4.69) is 20.8 Å². The smallest absolute Gasteiger partial charge is 0.282 e. The van der Waals surface area contributed by atoms with Crippen LogP contribution in [0.25, 0.3) is 0 Å². The van der Waals surface area contributed by atoms with E-state index in [-0.39, 0.29) is 40.6 Å². The minimum absolute atomic E-state index is 0.00460. The van der Waals surface area contributed by atoms with Crippen LogP contribution >= 0.6 is 0 Å². The number of hydrogen-bond acceptors (Lipinski definition) is 6. The molecule has 4 aliphatic rings. The van der Waals surface area contributed by atoms with Gasteiger partial charge in [0.25, 0.3) is 24.7 Å². The van der Waals surface area contributed by atoms with E-state index in [0.29, 0.717) is 11.4 Å². The fraction of sp³-hybridized carbons (Fsp3) is 0.382. The average molecular weight is 665 g/mol. The summed E-state index contributed by atoms with van der Waals surface area (Å²) in [4.78, 5) is 37.2. The number of carbonyl (C=O) groups is 3. The highest BCUT2D eigenvalue weighted by Crippen LogP contribution is 2.55. The monoisotopic (exact) mass is 664 g/mol. The summed E-state index contributed by atoms with van der Waals surface area (Å²) in [5.74, 6) is -1.21. The first-order valence-corrected chi connectivity index (χ1v) is 15.7. The van der Waals surface area contributed by atoms with Gasteiger partial charge in [-0.1, -0.05) is 24.3 Å². The Morgan fingerprint density at radius 2 is 1.25 bits per heavy atom. The molecular weight excluding hydrogens is 632 g/mol. The molecule has 4 aromatic rings. The summed E-state index contributed by atoms with van der Waals surface area (Å²) < 4.78 is 54.6. The van der Waals surface area contributed by atoms with Gasteiger partial charge < -0.3 is 15.7 Å². The van der Waals surface area contributed by atoms with Gasteiger partial charge in [0.05, 0.1) is 17.2 Å². The highest BCUT2D eigenvalue weighted by Gasteiger charge is 2.47. The van der Waals surface area contributed by atoms with Crippen molar-refractivity contribution in [3.05, 3.63) is 93.6 Å². The first-order valence-electron chi connectivity index (χ1n) is 15.7. The van der Waals surface area contributed by atoms with Crippen molar-refractivity contribution in [2.45, 2.75) is 68.3 Å². The number of ketones is 1. The highest BCUT2D eigenvalue weighted by molar-refractivity contribution is 6.08. The lowest BCUT2D eigenvalue weighted by Gasteiger charge is -2.18. The fourth-order valence-electron chi connectivity index (χ4n) is 7.97. The molecule has 4 aliphatic carbocycles. The van der Waals surface area contributed by atoms with E-state index in [1.165, 1.54) is 35.9 Å². The highest BCUT2D eigenvalue weighted by atomic mass is 19.3. The van der Waals surface area contributed by atoms with Crippen LogP contribution in [0.15, 0.2) is 48.8 Å². The molecule has 10 nitrogen and oxygen atoms in total. The van der Waals surface area contributed by atoms with Gasteiger partial charge in [0.2, 0.25) is 0 Å². The van der Waals surface area contributed by atoms with Crippen LogP contribution < -0.4 is 10.6 Å². The first-order chi connectivity index (χ1) is 22.9. The number of amides is 2. The number of halogens is 4. The van der Waals surface area contributed by atoms with Crippen molar-refractivity contribution in [2.24, 2.45) is 14.1 Å². The molecule has 3 N–H and O–H groups in total. The topological polar surface area (TPSA) is 131 Å². The van der Waals surface area contributed by atoms with Crippen molar-refractivity contribution < 1.29 is 37.1 Å². The predicted octanol–water partition coefficient (Wildman–Crippen LogP) is 6.10. The lowest BCUT2D eigenvalue weighted by atomic mass is 9.90. The summed E-state index contributed by atoms with van der Waals surface area (Å²) in [7, 11) is 2.98. The number of anilines is 2. The van der Waals surface area contributed by atoms with Crippen molar-refractivity contribution in [3.8, 4) is 0 Å². The maximum atomic E-state index is 13.0. The number of aromatic nitrogens is 4. The Labute approximate surface area is 272 Å². The number of alkyl halides is 4. The van der Waals surface area contributed by atoms with Crippen molar-refractivity contribution >= 4 is 29.0 Å². The van der Waals surface area contributed by atoms with Crippen molar-refractivity contribution in [1.29, 1.82) is 0 Å². The molecule has 5 unspecified atom stereocenters. The zero-order valence-electron chi connectivity index (χ0n) is 26.0. The summed E-state index contributed by atoms with van der Waals surface area (Å²) >= 11 is 0. The zero-order chi connectivity index (χ0) is 34.0. The van der Waals surface area contributed by atoms with Gasteiger partial charge in [0.1, 0.15) is 17.2 Å². The molecule has 0 saturated heterocycles. The van der Waals surface area contributed by atoms with Crippen LogP contribution in [0.2, 0.25) is 0 Å². The Balaban J connectivity index is 0.000000152. The Morgan fingerprint density at radius 3 is 1.81 bits per heavy atom. The van der Waals surface area contributed by atoms with Crippen LogP contribution in [0.5, 0.6) is 0 Å². The van der Waals surface area contributed by atoms with Crippen LogP contribution in [0.1, 0.15) is 117 Å². The number of aliphatic hydroxyl groups excluding tert-OH is 1. The minimum atomic E-state index is -2.83. The zero-order valence-corrected chi connectivity index (χ0v) is 26.0. The van der Waals surface area contributed by atoms with Crippen LogP contribution in [0.3, 0.4) is 0 Å². The molecule has 2 heterocycles. The Kier molecular flexibility index (Phi) is 7.93. The number of benzene rings is 2. The van der Waals surface area contributed by atoms with Gasteiger partial charge in [-0.2, -0.15) is 10.2 Å².